The number of alkyl halides is 3. The molecule has 1 rings (SSSR count). The van der Waals surface area contributed by atoms with Gasteiger partial charge in [-0.1, -0.05) is 6.92 Å². The van der Waals surface area contributed by atoms with Gasteiger partial charge >= 0.3 is 6.18 Å². The lowest BCUT2D eigenvalue weighted by molar-refractivity contribution is -0.171. The number of hydrogen-bond acceptors (Lipinski definition) is 2. The minimum absolute atomic E-state index is 0.0000463. The third-order valence-electron chi connectivity index (χ3n) is 2.89. The van der Waals surface area contributed by atoms with Crippen LogP contribution in [0, 0.1) is 5.92 Å². The highest BCUT2D eigenvalue weighted by Crippen LogP contribution is 2.27. The summed E-state index contributed by atoms with van der Waals surface area (Å²) in [6.45, 7) is 2.23. The quantitative estimate of drug-likeness (QED) is 0.725. The molecule has 1 heterocycles. The van der Waals surface area contributed by atoms with Gasteiger partial charge in [-0.05, 0) is 19.3 Å². The molecule has 1 aliphatic heterocycles. The van der Waals surface area contributed by atoms with Crippen LogP contribution in [0.5, 0.6) is 0 Å². The monoisotopic (exact) mass is 224 g/mol. The first kappa shape index (κ1) is 12.3. The maximum absolute atomic E-state index is 12.2. The van der Waals surface area contributed by atoms with Crippen LogP contribution in [0.15, 0.2) is 0 Å². The normalized spacial score (nSPS) is 33.3. The Labute approximate surface area is 86.4 Å². The number of hydrogen-bond donors (Lipinski definition) is 1. The maximum atomic E-state index is 12.2. The van der Waals surface area contributed by atoms with Gasteiger partial charge in [0.05, 0.1) is 6.04 Å². The SMILES string of the molecule is CC1CC(N)C(=O)N(CC(F)(F)F)C1C. The van der Waals surface area contributed by atoms with Gasteiger partial charge in [0.1, 0.15) is 6.54 Å². The van der Waals surface area contributed by atoms with E-state index in [-0.39, 0.29) is 5.92 Å². The van der Waals surface area contributed by atoms with Gasteiger partial charge in [0.25, 0.3) is 0 Å². The molecule has 0 radical (unpaired) electrons. The average molecular weight is 224 g/mol. The topological polar surface area (TPSA) is 46.3 Å². The summed E-state index contributed by atoms with van der Waals surface area (Å²) in [6, 6.07) is -1.20. The van der Waals surface area contributed by atoms with E-state index < -0.39 is 30.7 Å². The third-order valence-corrected chi connectivity index (χ3v) is 2.89. The van der Waals surface area contributed by atoms with E-state index in [0.717, 1.165) is 4.90 Å². The largest absolute Gasteiger partial charge is 0.406 e. The standard InChI is InChI=1S/C9H15F3N2O/c1-5-3-7(13)8(15)14(6(5)2)4-9(10,11)12/h5-7H,3-4,13H2,1-2H3. The predicted octanol–water partition coefficient (Wildman–Crippen LogP) is 1.13. The Morgan fingerprint density at radius 2 is 2.00 bits per heavy atom. The van der Waals surface area contributed by atoms with Gasteiger partial charge < -0.3 is 10.6 Å². The van der Waals surface area contributed by atoms with Crippen LogP contribution in [0.2, 0.25) is 0 Å². The van der Waals surface area contributed by atoms with Crippen molar-refractivity contribution >= 4 is 5.91 Å². The second-order valence-corrected chi connectivity index (χ2v) is 4.14. The lowest BCUT2D eigenvalue weighted by Crippen LogP contribution is -2.57. The number of nitrogens with zero attached hydrogens (tertiary/aromatic N) is 1. The summed E-state index contributed by atoms with van der Waals surface area (Å²) in [5.41, 5.74) is 5.48. The number of likely N-dealkylation sites (tertiary alicyclic amines) is 1. The molecular formula is C9H15F3N2O. The molecule has 0 saturated carbocycles. The first-order chi connectivity index (χ1) is 6.72. The molecule has 1 saturated heterocycles. The van der Waals surface area contributed by atoms with E-state index in [1.165, 1.54) is 0 Å². The van der Waals surface area contributed by atoms with Gasteiger partial charge in [-0.3, -0.25) is 4.79 Å². The molecule has 3 atom stereocenters. The zero-order valence-corrected chi connectivity index (χ0v) is 8.71. The van der Waals surface area contributed by atoms with E-state index in [1.54, 1.807) is 13.8 Å². The molecule has 0 bridgehead atoms. The molecule has 3 nitrogen and oxygen atoms in total. The summed E-state index contributed by atoms with van der Waals surface area (Å²) in [5.74, 6) is -0.599. The third kappa shape index (κ3) is 2.84. The fourth-order valence-corrected chi connectivity index (χ4v) is 1.83. The fourth-order valence-electron chi connectivity index (χ4n) is 1.83. The van der Waals surface area contributed by atoms with Gasteiger partial charge in [-0.15, -0.1) is 0 Å². The minimum atomic E-state index is -4.36. The van der Waals surface area contributed by atoms with Crippen LogP contribution in [-0.4, -0.2) is 35.6 Å². The van der Waals surface area contributed by atoms with Crippen LogP contribution in [0.25, 0.3) is 0 Å². The smallest absolute Gasteiger partial charge is 0.329 e. The van der Waals surface area contributed by atoms with E-state index in [9.17, 15) is 18.0 Å². The lowest BCUT2D eigenvalue weighted by atomic mass is 9.89. The molecule has 88 valence electrons. The van der Waals surface area contributed by atoms with Crippen molar-refractivity contribution in [2.45, 2.75) is 38.5 Å². The second-order valence-electron chi connectivity index (χ2n) is 4.14. The van der Waals surface area contributed by atoms with Crippen LogP contribution in [0.4, 0.5) is 13.2 Å². The van der Waals surface area contributed by atoms with Crippen LogP contribution in [0.3, 0.4) is 0 Å². The molecule has 6 heteroatoms. The van der Waals surface area contributed by atoms with Gasteiger partial charge in [-0.2, -0.15) is 13.2 Å². The predicted molar refractivity (Wildman–Crippen MR) is 49.0 cm³/mol. The number of halogens is 3. The Morgan fingerprint density at radius 3 is 2.47 bits per heavy atom. The molecule has 15 heavy (non-hydrogen) atoms. The molecule has 0 aromatic rings. The van der Waals surface area contributed by atoms with E-state index in [2.05, 4.69) is 0 Å². The molecule has 3 unspecified atom stereocenters. The average Bonchev–Trinajstić information content (AvgIpc) is 2.08. The molecule has 1 fully saturated rings. The molecule has 1 amide bonds. The summed E-state index contributed by atoms with van der Waals surface area (Å²) in [5, 5.41) is 0. The second kappa shape index (κ2) is 4.00. The van der Waals surface area contributed by atoms with Gasteiger partial charge in [0, 0.05) is 6.04 Å². The summed E-state index contributed by atoms with van der Waals surface area (Å²) in [4.78, 5) is 12.3. The highest BCUT2D eigenvalue weighted by Gasteiger charge is 2.41. The summed E-state index contributed by atoms with van der Waals surface area (Å²) >= 11 is 0. The summed E-state index contributed by atoms with van der Waals surface area (Å²) in [7, 11) is 0. The number of carbonyl (C=O) groups excluding carboxylic acids is 1. The van der Waals surface area contributed by atoms with Crippen LogP contribution in [0.1, 0.15) is 20.3 Å². The zero-order chi connectivity index (χ0) is 11.8. The molecule has 0 spiro atoms. The number of piperidine rings is 1. The Balaban J connectivity index is 2.78. The Bertz CT molecular complexity index is 254. The summed E-state index contributed by atoms with van der Waals surface area (Å²) < 4.78 is 36.6. The summed E-state index contributed by atoms with van der Waals surface area (Å²) in [6.07, 6.45) is -3.91. The van der Waals surface area contributed by atoms with Gasteiger partial charge in [0.2, 0.25) is 5.91 Å². The van der Waals surface area contributed by atoms with Crippen LogP contribution >= 0.6 is 0 Å². The number of nitrogens with two attached hydrogens (primary N) is 1. The van der Waals surface area contributed by atoms with E-state index in [0.29, 0.717) is 6.42 Å². The first-order valence-corrected chi connectivity index (χ1v) is 4.85. The molecule has 0 aromatic heterocycles. The molecule has 0 aliphatic carbocycles. The molecule has 1 aliphatic rings. The van der Waals surface area contributed by atoms with Crippen molar-refractivity contribution in [3.8, 4) is 0 Å². The number of rotatable bonds is 1. The zero-order valence-electron chi connectivity index (χ0n) is 8.71. The number of amides is 1. The lowest BCUT2D eigenvalue weighted by Gasteiger charge is -2.40. The number of carbonyl (C=O) groups is 1. The van der Waals surface area contributed by atoms with Crippen molar-refractivity contribution in [3.63, 3.8) is 0 Å². The fraction of sp³-hybridized carbons (Fsp3) is 0.889. The van der Waals surface area contributed by atoms with E-state index in [1.807, 2.05) is 0 Å². The van der Waals surface area contributed by atoms with Crippen LogP contribution < -0.4 is 5.73 Å². The van der Waals surface area contributed by atoms with Crippen molar-refractivity contribution < 1.29 is 18.0 Å². The Morgan fingerprint density at radius 1 is 1.47 bits per heavy atom. The highest BCUT2D eigenvalue weighted by atomic mass is 19.4. The van der Waals surface area contributed by atoms with Crippen molar-refractivity contribution in [3.05, 3.63) is 0 Å². The highest BCUT2D eigenvalue weighted by molar-refractivity contribution is 5.82. The van der Waals surface area contributed by atoms with Gasteiger partial charge in [0.15, 0.2) is 0 Å². The minimum Gasteiger partial charge on any atom is -0.329 e. The van der Waals surface area contributed by atoms with Crippen LogP contribution in [-0.2, 0) is 4.79 Å². The Hall–Kier alpha value is -0.780. The van der Waals surface area contributed by atoms with Gasteiger partial charge in [-0.25, -0.2) is 0 Å². The van der Waals surface area contributed by atoms with E-state index >= 15 is 0 Å². The van der Waals surface area contributed by atoms with E-state index in [4.69, 9.17) is 5.73 Å². The van der Waals surface area contributed by atoms with Crippen molar-refractivity contribution in [1.82, 2.24) is 4.90 Å². The van der Waals surface area contributed by atoms with Crippen molar-refractivity contribution in [2.75, 3.05) is 6.54 Å². The first-order valence-electron chi connectivity index (χ1n) is 4.85. The molecule has 0 aromatic carbocycles. The molecular weight excluding hydrogens is 209 g/mol. The maximum Gasteiger partial charge on any atom is 0.406 e. The molecule has 2 N–H and O–H groups in total. The Kier molecular flexibility index (Phi) is 3.28. The van der Waals surface area contributed by atoms with Crippen molar-refractivity contribution in [1.29, 1.82) is 0 Å². The van der Waals surface area contributed by atoms with Crippen molar-refractivity contribution in [2.24, 2.45) is 11.7 Å².